The third-order valence-corrected chi connectivity index (χ3v) is 4.11. The van der Waals surface area contributed by atoms with E-state index in [1.165, 1.54) is 6.20 Å². The second-order valence-electron chi connectivity index (χ2n) is 5.72. The van der Waals surface area contributed by atoms with Gasteiger partial charge in [0, 0.05) is 18.5 Å². The second-order valence-corrected chi connectivity index (χ2v) is 5.72. The molecule has 0 spiro atoms. The molecule has 1 aromatic heterocycles. The number of benzene rings is 1. The van der Waals surface area contributed by atoms with Crippen LogP contribution in [0.5, 0.6) is 0 Å². The summed E-state index contributed by atoms with van der Waals surface area (Å²) in [6.07, 6.45) is 2.16. The fourth-order valence-corrected chi connectivity index (χ4v) is 2.73. The van der Waals surface area contributed by atoms with E-state index >= 15 is 0 Å². The van der Waals surface area contributed by atoms with Crippen LogP contribution in [0.15, 0.2) is 30.5 Å². The monoisotopic (exact) mass is 336 g/mol. The molecule has 3 N–H and O–H groups in total. The Labute approximate surface area is 144 Å². The average Bonchev–Trinajstić information content (AvgIpc) is 3.06. The molecule has 25 heavy (non-hydrogen) atoms. The predicted octanol–water partition coefficient (Wildman–Crippen LogP) is 1.70. The van der Waals surface area contributed by atoms with Crippen LogP contribution in [0, 0.1) is 28.6 Å². The van der Waals surface area contributed by atoms with Crippen LogP contribution in [0.1, 0.15) is 28.4 Å². The number of hydrogen-bond donors (Lipinski definition) is 2. The van der Waals surface area contributed by atoms with Crippen molar-refractivity contribution in [3.63, 3.8) is 0 Å². The maximum absolute atomic E-state index is 11.7. The highest BCUT2D eigenvalue weighted by molar-refractivity contribution is 5.98. The lowest BCUT2D eigenvalue weighted by Gasteiger charge is -2.26. The summed E-state index contributed by atoms with van der Waals surface area (Å²) in [5.41, 5.74) is 6.88. The van der Waals surface area contributed by atoms with Gasteiger partial charge < -0.3 is 15.8 Å². The molecule has 2 atom stereocenters. The smallest absolute Gasteiger partial charge is 0.254 e. The number of nitriles is 2. The van der Waals surface area contributed by atoms with E-state index in [0.29, 0.717) is 36.7 Å². The average molecular weight is 336 g/mol. The third kappa shape index (κ3) is 3.44. The molecule has 126 valence electrons. The van der Waals surface area contributed by atoms with Crippen molar-refractivity contribution in [2.75, 3.05) is 18.5 Å². The number of carbonyl (C=O) groups excluding carboxylic acids is 1. The molecule has 1 aromatic carbocycles. The summed E-state index contributed by atoms with van der Waals surface area (Å²) < 4.78 is 7.01. The summed E-state index contributed by atoms with van der Waals surface area (Å²) in [6.45, 7) is 0.892. The Balaban J connectivity index is 1.90. The van der Waals surface area contributed by atoms with Crippen molar-refractivity contribution >= 4 is 17.4 Å². The maximum Gasteiger partial charge on any atom is 0.254 e. The fourth-order valence-electron chi connectivity index (χ4n) is 2.73. The van der Waals surface area contributed by atoms with Crippen LogP contribution in [0.3, 0.4) is 0 Å². The minimum atomic E-state index is -0.618. The van der Waals surface area contributed by atoms with Crippen molar-refractivity contribution in [1.29, 1.82) is 10.5 Å². The molecular weight excluding hydrogens is 320 g/mol. The number of nitrogens with one attached hydrogen (secondary N) is 1. The summed E-state index contributed by atoms with van der Waals surface area (Å²) in [5.74, 6) is -0.552. The van der Waals surface area contributed by atoms with Crippen LogP contribution >= 0.6 is 0 Å². The van der Waals surface area contributed by atoms with Gasteiger partial charge in [-0.05, 0) is 30.7 Å². The third-order valence-electron chi connectivity index (χ3n) is 4.11. The molecule has 1 aliphatic heterocycles. The minimum Gasteiger partial charge on any atom is -0.379 e. The Morgan fingerprint density at radius 1 is 1.36 bits per heavy atom. The van der Waals surface area contributed by atoms with Gasteiger partial charge in [0.05, 0.1) is 36.3 Å². The summed E-state index contributed by atoms with van der Waals surface area (Å²) >= 11 is 0. The number of aromatic nitrogens is 2. The van der Waals surface area contributed by atoms with Crippen LogP contribution in [-0.4, -0.2) is 28.9 Å². The van der Waals surface area contributed by atoms with Gasteiger partial charge in [-0.25, -0.2) is 0 Å². The Morgan fingerprint density at radius 2 is 2.12 bits per heavy atom. The molecule has 0 bridgehead atoms. The Morgan fingerprint density at radius 3 is 2.76 bits per heavy atom. The molecular formula is C17H16N6O2. The highest BCUT2D eigenvalue weighted by Crippen LogP contribution is 2.28. The zero-order valence-corrected chi connectivity index (χ0v) is 13.3. The molecule has 0 aliphatic carbocycles. The lowest BCUT2D eigenvalue weighted by molar-refractivity contribution is 0.0342. The van der Waals surface area contributed by atoms with Gasteiger partial charge in [0.15, 0.2) is 5.82 Å². The molecule has 8 heteroatoms. The standard InChI is InChI=1S/C17H16N6O2/c18-7-11-1-3-13(4-2-11)21-17-14(16(20)24)9-23(22-17)15-10-25-6-5-12(15)8-19/h1-4,9,12,15H,5-6,10H2,(H2,20,24)(H,21,22)/t12-,15+/m0/s1. The number of anilines is 2. The van der Waals surface area contributed by atoms with Gasteiger partial charge in [0.2, 0.25) is 0 Å². The molecule has 1 aliphatic rings. The van der Waals surface area contributed by atoms with E-state index in [9.17, 15) is 10.1 Å². The van der Waals surface area contributed by atoms with E-state index in [1.807, 2.05) is 6.07 Å². The first-order chi connectivity index (χ1) is 12.1. The number of amides is 1. The zero-order valence-electron chi connectivity index (χ0n) is 13.3. The van der Waals surface area contributed by atoms with E-state index in [0.717, 1.165) is 0 Å². The van der Waals surface area contributed by atoms with Crippen molar-refractivity contribution in [1.82, 2.24) is 9.78 Å². The number of nitrogens with two attached hydrogens (primary N) is 1. The highest BCUT2D eigenvalue weighted by Gasteiger charge is 2.29. The number of hydrogen-bond acceptors (Lipinski definition) is 6. The Kier molecular flexibility index (Phi) is 4.64. The van der Waals surface area contributed by atoms with Gasteiger partial charge in [0.1, 0.15) is 5.56 Å². The van der Waals surface area contributed by atoms with Crippen molar-refractivity contribution in [3.05, 3.63) is 41.6 Å². The van der Waals surface area contributed by atoms with Crippen molar-refractivity contribution < 1.29 is 9.53 Å². The minimum absolute atomic E-state index is 0.228. The van der Waals surface area contributed by atoms with E-state index < -0.39 is 5.91 Å². The van der Waals surface area contributed by atoms with Gasteiger partial charge >= 0.3 is 0 Å². The van der Waals surface area contributed by atoms with Gasteiger partial charge in [0.25, 0.3) is 5.91 Å². The molecule has 0 saturated carbocycles. The molecule has 2 aromatic rings. The van der Waals surface area contributed by atoms with Gasteiger partial charge in [-0.1, -0.05) is 0 Å². The lowest BCUT2D eigenvalue weighted by Crippen LogP contribution is -2.29. The maximum atomic E-state index is 11.7. The van der Waals surface area contributed by atoms with E-state index in [2.05, 4.69) is 16.5 Å². The van der Waals surface area contributed by atoms with Crippen molar-refractivity contribution in [2.24, 2.45) is 11.7 Å². The quantitative estimate of drug-likeness (QED) is 0.874. The number of ether oxygens (including phenoxy) is 1. The van der Waals surface area contributed by atoms with Gasteiger partial charge in [-0.2, -0.15) is 15.6 Å². The first-order valence-corrected chi connectivity index (χ1v) is 7.76. The van der Waals surface area contributed by atoms with Crippen LogP contribution in [0.25, 0.3) is 0 Å². The Bertz CT molecular complexity index is 859. The second kappa shape index (κ2) is 7.04. The molecule has 0 radical (unpaired) electrons. The first kappa shape index (κ1) is 16.5. The number of carbonyl (C=O) groups is 1. The normalized spacial score (nSPS) is 19.6. The predicted molar refractivity (Wildman–Crippen MR) is 88.8 cm³/mol. The molecule has 1 fully saturated rings. The number of rotatable bonds is 4. The van der Waals surface area contributed by atoms with E-state index in [-0.39, 0.29) is 17.5 Å². The molecule has 3 rings (SSSR count). The SMILES string of the molecule is N#Cc1ccc(Nc2nn([C@@H]3COCC[C@H]3C#N)cc2C(N)=O)cc1. The van der Waals surface area contributed by atoms with Crippen LogP contribution < -0.4 is 11.1 Å². The lowest BCUT2D eigenvalue weighted by atomic mass is 9.97. The summed E-state index contributed by atoms with van der Waals surface area (Å²) in [4.78, 5) is 11.7. The molecule has 8 nitrogen and oxygen atoms in total. The van der Waals surface area contributed by atoms with Crippen LogP contribution in [0.2, 0.25) is 0 Å². The van der Waals surface area contributed by atoms with Crippen LogP contribution in [-0.2, 0) is 4.74 Å². The molecule has 1 saturated heterocycles. The van der Waals surface area contributed by atoms with Crippen molar-refractivity contribution in [2.45, 2.75) is 12.5 Å². The largest absolute Gasteiger partial charge is 0.379 e. The van der Waals surface area contributed by atoms with Crippen molar-refractivity contribution in [3.8, 4) is 12.1 Å². The van der Waals surface area contributed by atoms with E-state index in [1.54, 1.807) is 28.9 Å². The summed E-state index contributed by atoms with van der Waals surface area (Å²) in [7, 11) is 0. The van der Waals surface area contributed by atoms with Gasteiger partial charge in [-0.3, -0.25) is 9.48 Å². The summed E-state index contributed by atoms with van der Waals surface area (Å²) in [6, 6.07) is 10.8. The van der Waals surface area contributed by atoms with E-state index in [4.69, 9.17) is 15.7 Å². The number of nitrogens with zero attached hydrogens (tertiary/aromatic N) is 4. The summed E-state index contributed by atoms with van der Waals surface area (Å²) in [5, 5.41) is 25.6. The fraction of sp³-hybridized carbons (Fsp3) is 0.294. The molecule has 1 amide bonds. The van der Waals surface area contributed by atoms with Gasteiger partial charge in [-0.15, -0.1) is 0 Å². The molecule has 0 unspecified atom stereocenters. The Hall–Kier alpha value is -3.36. The highest BCUT2D eigenvalue weighted by atomic mass is 16.5. The topological polar surface area (TPSA) is 130 Å². The van der Waals surface area contributed by atoms with Crippen LogP contribution in [0.4, 0.5) is 11.5 Å². The first-order valence-electron chi connectivity index (χ1n) is 7.76. The number of primary amides is 1. The molecule has 2 heterocycles. The zero-order chi connectivity index (χ0) is 17.8.